The van der Waals surface area contributed by atoms with Crippen molar-refractivity contribution >= 4 is 5.69 Å². The predicted octanol–water partition coefficient (Wildman–Crippen LogP) is 0.269. The normalized spacial score (nSPS) is 12.5. The highest BCUT2D eigenvalue weighted by Crippen LogP contribution is 2.24. The molecule has 4 nitrogen and oxygen atoms in total. The molecule has 72 valence electrons. The van der Waals surface area contributed by atoms with Crippen LogP contribution in [0.25, 0.3) is 0 Å². The van der Waals surface area contributed by atoms with E-state index in [0.29, 0.717) is 11.4 Å². The van der Waals surface area contributed by atoms with Crippen LogP contribution in [0.15, 0.2) is 18.2 Å². The Labute approximate surface area is 77.1 Å². The molecule has 0 bridgehead atoms. The Morgan fingerprint density at radius 2 is 2.23 bits per heavy atom. The van der Waals surface area contributed by atoms with Gasteiger partial charge in [0.25, 0.3) is 0 Å². The fourth-order valence-electron chi connectivity index (χ4n) is 1.09. The number of methoxy groups -OCH3 is 1. The van der Waals surface area contributed by atoms with Gasteiger partial charge < -0.3 is 21.3 Å². The smallest absolute Gasteiger partial charge is 0.141 e. The molecule has 0 saturated carbocycles. The minimum atomic E-state index is -0.381. The summed E-state index contributed by atoms with van der Waals surface area (Å²) in [5.74, 6) is 0.619. The molecule has 0 heterocycles. The van der Waals surface area contributed by atoms with Gasteiger partial charge in [-0.25, -0.2) is 0 Å². The molecule has 0 aliphatic heterocycles. The molecule has 1 rings (SSSR count). The lowest BCUT2D eigenvalue weighted by Gasteiger charge is -2.11. The largest absolute Gasteiger partial charge is 0.495 e. The Hall–Kier alpha value is -1.26. The van der Waals surface area contributed by atoms with Crippen molar-refractivity contribution in [3.63, 3.8) is 0 Å². The number of anilines is 1. The van der Waals surface area contributed by atoms with Crippen molar-refractivity contribution in [2.24, 2.45) is 5.73 Å². The van der Waals surface area contributed by atoms with Crippen LogP contribution in [0.2, 0.25) is 0 Å². The van der Waals surface area contributed by atoms with E-state index in [4.69, 9.17) is 21.3 Å². The van der Waals surface area contributed by atoms with Crippen molar-refractivity contribution in [1.29, 1.82) is 0 Å². The molecule has 0 aliphatic carbocycles. The predicted molar refractivity (Wildman–Crippen MR) is 51.4 cm³/mol. The quantitative estimate of drug-likeness (QED) is 0.586. The summed E-state index contributed by atoms with van der Waals surface area (Å²) in [5, 5.41) is 8.81. The highest BCUT2D eigenvalue weighted by molar-refractivity contribution is 5.54. The van der Waals surface area contributed by atoms with Crippen molar-refractivity contribution in [2.75, 3.05) is 19.5 Å². The molecule has 5 N–H and O–H groups in total. The summed E-state index contributed by atoms with van der Waals surface area (Å²) < 4.78 is 4.99. The zero-order chi connectivity index (χ0) is 9.84. The molecule has 4 heteroatoms. The van der Waals surface area contributed by atoms with Gasteiger partial charge in [0.15, 0.2) is 0 Å². The van der Waals surface area contributed by atoms with Crippen molar-refractivity contribution in [3.8, 4) is 5.75 Å². The maximum atomic E-state index is 8.81. The first-order chi connectivity index (χ1) is 6.19. The number of hydrogen-bond donors (Lipinski definition) is 3. The number of nitrogen functional groups attached to an aromatic ring is 1. The van der Waals surface area contributed by atoms with Crippen molar-refractivity contribution in [3.05, 3.63) is 23.8 Å². The van der Waals surface area contributed by atoms with Gasteiger partial charge in [-0.2, -0.15) is 0 Å². The summed E-state index contributed by atoms with van der Waals surface area (Å²) in [4.78, 5) is 0. The van der Waals surface area contributed by atoms with E-state index in [1.54, 1.807) is 25.3 Å². The highest BCUT2D eigenvalue weighted by atomic mass is 16.5. The van der Waals surface area contributed by atoms with Crippen LogP contribution in [0.5, 0.6) is 5.75 Å². The van der Waals surface area contributed by atoms with Gasteiger partial charge in [0.2, 0.25) is 0 Å². The summed E-state index contributed by atoms with van der Waals surface area (Å²) >= 11 is 0. The minimum absolute atomic E-state index is 0.0915. The molecular formula is C9H14N2O2. The van der Waals surface area contributed by atoms with Gasteiger partial charge in [0, 0.05) is 0 Å². The first-order valence-corrected chi connectivity index (χ1v) is 3.99. The molecule has 0 fully saturated rings. The molecule has 0 aliphatic rings. The van der Waals surface area contributed by atoms with Crippen LogP contribution in [0.4, 0.5) is 5.69 Å². The number of aliphatic hydroxyl groups is 1. The third kappa shape index (κ3) is 2.11. The molecule has 0 aromatic heterocycles. The maximum absolute atomic E-state index is 8.81. The van der Waals surface area contributed by atoms with Gasteiger partial charge in [-0.1, -0.05) is 6.07 Å². The third-order valence-electron chi connectivity index (χ3n) is 1.88. The summed E-state index contributed by atoms with van der Waals surface area (Å²) in [6, 6.07) is 4.85. The maximum Gasteiger partial charge on any atom is 0.141 e. The molecule has 1 unspecified atom stereocenters. The minimum Gasteiger partial charge on any atom is -0.495 e. The Morgan fingerprint density at radius 1 is 1.54 bits per heavy atom. The molecule has 1 aromatic carbocycles. The van der Waals surface area contributed by atoms with Crippen LogP contribution in [0, 0.1) is 0 Å². The number of benzene rings is 1. The summed E-state index contributed by atoms with van der Waals surface area (Å²) in [6.45, 7) is -0.0915. The van der Waals surface area contributed by atoms with Crippen LogP contribution < -0.4 is 16.2 Å². The molecule has 0 amide bonds. The lowest BCUT2D eigenvalue weighted by atomic mass is 10.1. The van der Waals surface area contributed by atoms with Crippen LogP contribution in [-0.4, -0.2) is 18.8 Å². The van der Waals surface area contributed by atoms with Gasteiger partial charge in [-0.15, -0.1) is 0 Å². The average molecular weight is 182 g/mol. The van der Waals surface area contributed by atoms with E-state index in [-0.39, 0.29) is 12.6 Å². The second-order valence-electron chi connectivity index (χ2n) is 2.79. The fraction of sp³-hybridized carbons (Fsp3) is 0.333. The second-order valence-corrected chi connectivity index (χ2v) is 2.79. The Bertz CT molecular complexity index is 289. The summed E-state index contributed by atoms with van der Waals surface area (Å²) in [5.41, 5.74) is 12.6. The molecule has 0 saturated heterocycles. The fourth-order valence-corrected chi connectivity index (χ4v) is 1.09. The van der Waals surface area contributed by atoms with Crippen molar-refractivity contribution < 1.29 is 9.84 Å². The van der Waals surface area contributed by atoms with E-state index in [1.165, 1.54) is 0 Å². The Morgan fingerprint density at radius 3 is 2.69 bits per heavy atom. The molecule has 1 aromatic rings. The van der Waals surface area contributed by atoms with Crippen molar-refractivity contribution in [2.45, 2.75) is 6.04 Å². The standard InChI is InChI=1S/C9H14N2O2/c1-13-9-3-2-6(4-7(9)10)8(11)5-12/h2-4,8,12H,5,10-11H2,1H3. The molecule has 0 spiro atoms. The van der Waals surface area contributed by atoms with Crippen molar-refractivity contribution in [1.82, 2.24) is 0 Å². The number of ether oxygens (including phenoxy) is 1. The van der Waals surface area contributed by atoms with Crippen LogP contribution >= 0.6 is 0 Å². The zero-order valence-electron chi connectivity index (χ0n) is 7.53. The lowest BCUT2D eigenvalue weighted by Crippen LogP contribution is -2.14. The lowest BCUT2D eigenvalue weighted by molar-refractivity contribution is 0.268. The van der Waals surface area contributed by atoms with E-state index < -0.39 is 0 Å². The third-order valence-corrected chi connectivity index (χ3v) is 1.88. The van der Waals surface area contributed by atoms with Crippen LogP contribution in [0.1, 0.15) is 11.6 Å². The Kier molecular flexibility index (Phi) is 3.11. The molecule has 13 heavy (non-hydrogen) atoms. The molecular weight excluding hydrogens is 168 g/mol. The second kappa shape index (κ2) is 4.11. The van der Waals surface area contributed by atoms with E-state index >= 15 is 0 Å². The number of hydrogen-bond acceptors (Lipinski definition) is 4. The first kappa shape index (κ1) is 9.83. The first-order valence-electron chi connectivity index (χ1n) is 3.99. The zero-order valence-corrected chi connectivity index (χ0v) is 7.53. The van der Waals surface area contributed by atoms with Gasteiger partial charge in [-0.3, -0.25) is 0 Å². The topological polar surface area (TPSA) is 81.5 Å². The van der Waals surface area contributed by atoms with E-state index in [2.05, 4.69) is 0 Å². The van der Waals surface area contributed by atoms with E-state index in [1.807, 2.05) is 0 Å². The van der Waals surface area contributed by atoms with E-state index in [9.17, 15) is 0 Å². The number of rotatable bonds is 3. The number of aliphatic hydroxyl groups excluding tert-OH is 1. The Balaban J connectivity index is 2.95. The van der Waals surface area contributed by atoms with Crippen LogP contribution in [0.3, 0.4) is 0 Å². The van der Waals surface area contributed by atoms with Gasteiger partial charge in [-0.05, 0) is 17.7 Å². The molecule has 1 atom stereocenters. The van der Waals surface area contributed by atoms with Crippen LogP contribution in [-0.2, 0) is 0 Å². The summed E-state index contributed by atoms with van der Waals surface area (Å²) in [7, 11) is 1.55. The highest BCUT2D eigenvalue weighted by Gasteiger charge is 2.06. The SMILES string of the molecule is COc1ccc(C(N)CO)cc1N. The van der Waals surface area contributed by atoms with Gasteiger partial charge >= 0.3 is 0 Å². The number of nitrogens with two attached hydrogens (primary N) is 2. The average Bonchev–Trinajstić information content (AvgIpc) is 2.16. The summed E-state index contributed by atoms with van der Waals surface area (Å²) in [6.07, 6.45) is 0. The van der Waals surface area contributed by atoms with E-state index in [0.717, 1.165) is 5.56 Å². The molecule has 0 radical (unpaired) electrons. The van der Waals surface area contributed by atoms with Gasteiger partial charge in [0.05, 0.1) is 25.4 Å². The van der Waals surface area contributed by atoms with Gasteiger partial charge in [0.1, 0.15) is 5.75 Å². The monoisotopic (exact) mass is 182 g/mol.